The topological polar surface area (TPSA) is 77.3 Å². The molecule has 2 heterocycles. The molecule has 11 heteroatoms. The molecule has 0 aliphatic heterocycles. The minimum Gasteiger partial charge on any atom is -0.494 e. The molecule has 1 atom stereocenters. The fourth-order valence-corrected chi connectivity index (χ4v) is 5.19. The SMILES string of the molecule is CCOc1ccc(-n2c(C(C)N(Cc3cncc(C)c3)C(=O)Cc3ccc(F)c(C(F)(F)F)c3)nc3ccccc3c2=O)cc1. The number of para-hydroxylation sites is 1. The Hall–Kier alpha value is -5.06. The second-order valence-electron chi connectivity index (χ2n) is 10.6. The third kappa shape index (κ3) is 6.87. The summed E-state index contributed by atoms with van der Waals surface area (Å²) in [6.45, 7) is 5.89. The number of amides is 1. The van der Waals surface area contributed by atoms with Gasteiger partial charge >= 0.3 is 6.18 Å². The van der Waals surface area contributed by atoms with Crippen LogP contribution in [0.3, 0.4) is 0 Å². The van der Waals surface area contributed by atoms with Gasteiger partial charge in [0.15, 0.2) is 0 Å². The number of hydrogen-bond donors (Lipinski definition) is 0. The maximum absolute atomic E-state index is 14.0. The van der Waals surface area contributed by atoms with Crippen LogP contribution in [0.1, 0.15) is 48.0 Å². The zero-order valence-corrected chi connectivity index (χ0v) is 24.8. The van der Waals surface area contributed by atoms with Crippen molar-refractivity contribution in [2.45, 2.75) is 46.0 Å². The summed E-state index contributed by atoms with van der Waals surface area (Å²) < 4.78 is 61.3. The first-order valence-electron chi connectivity index (χ1n) is 14.3. The molecule has 0 aliphatic carbocycles. The lowest BCUT2D eigenvalue weighted by atomic mass is 10.0. The van der Waals surface area contributed by atoms with Crippen LogP contribution in [0.5, 0.6) is 5.75 Å². The Morgan fingerprint density at radius 1 is 1.00 bits per heavy atom. The van der Waals surface area contributed by atoms with Crippen LogP contribution in [0, 0.1) is 12.7 Å². The number of halogens is 4. The van der Waals surface area contributed by atoms with Crippen LogP contribution < -0.4 is 10.3 Å². The maximum Gasteiger partial charge on any atom is 0.419 e. The first kappa shape index (κ1) is 31.4. The van der Waals surface area contributed by atoms with Crippen molar-refractivity contribution < 1.29 is 27.1 Å². The number of aryl methyl sites for hydroxylation is 1. The van der Waals surface area contributed by atoms with E-state index in [1.54, 1.807) is 67.8 Å². The average Bonchev–Trinajstić information content (AvgIpc) is 3.00. The minimum absolute atomic E-state index is 0.0105. The van der Waals surface area contributed by atoms with E-state index < -0.39 is 35.9 Å². The van der Waals surface area contributed by atoms with E-state index in [0.717, 1.165) is 11.6 Å². The van der Waals surface area contributed by atoms with Gasteiger partial charge in [-0.15, -0.1) is 0 Å². The fraction of sp³-hybridized carbons (Fsp3) is 0.235. The number of fused-ring (bicyclic) bond motifs is 1. The molecule has 1 unspecified atom stereocenters. The highest BCUT2D eigenvalue weighted by atomic mass is 19.4. The second-order valence-corrected chi connectivity index (χ2v) is 10.6. The van der Waals surface area contributed by atoms with Crippen LogP contribution in [0.4, 0.5) is 17.6 Å². The molecule has 0 N–H and O–H groups in total. The number of aromatic nitrogens is 3. The standard InChI is InChI=1S/C34H30F4N4O3/c1-4-45-26-12-10-25(11-13-26)42-32(40-30-8-6-5-7-27(30)33(42)44)22(3)41(20-24-15-21(2)18-39-19-24)31(43)17-23-9-14-29(35)28(16-23)34(36,37)38/h5-16,18-19,22H,4,17,20H2,1-3H3. The summed E-state index contributed by atoms with van der Waals surface area (Å²) in [5.41, 5.74) is 0.604. The van der Waals surface area contributed by atoms with Crippen molar-refractivity contribution in [3.8, 4) is 11.4 Å². The number of hydrogen-bond acceptors (Lipinski definition) is 5. The van der Waals surface area contributed by atoms with Gasteiger partial charge in [-0.25, -0.2) is 9.37 Å². The molecule has 0 fully saturated rings. The zero-order chi connectivity index (χ0) is 32.3. The second kappa shape index (κ2) is 12.9. The van der Waals surface area contributed by atoms with E-state index in [9.17, 15) is 27.2 Å². The Balaban J connectivity index is 1.63. The third-order valence-corrected chi connectivity index (χ3v) is 7.35. The van der Waals surface area contributed by atoms with Crippen molar-refractivity contribution in [1.82, 2.24) is 19.4 Å². The number of benzene rings is 3. The van der Waals surface area contributed by atoms with E-state index in [4.69, 9.17) is 9.72 Å². The Bertz CT molecular complexity index is 1910. The van der Waals surface area contributed by atoms with Crippen LogP contribution in [0.15, 0.2) is 90.0 Å². The summed E-state index contributed by atoms with van der Waals surface area (Å²) in [7, 11) is 0. The summed E-state index contributed by atoms with van der Waals surface area (Å²) >= 11 is 0. The molecule has 232 valence electrons. The smallest absolute Gasteiger partial charge is 0.419 e. The number of nitrogens with zero attached hydrogens (tertiary/aromatic N) is 4. The van der Waals surface area contributed by atoms with Gasteiger partial charge in [-0.05, 0) is 86.0 Å². The van der Waals surface area contributed by atoms with Crippen LogP contribution in [-0.2, 0) is 23.9 Å². The fourth-order valence-electron chi connectivity index (χ4n) is 5.19. The van der Waals surface area contributed by atoms with Crippen LogP contribution >= 0.6 is 0 Å². The summed E-state index contributed by atoms with van der Waals surface area (Å²) in [4.78, 5) is 38.4. The third-order valence-electron chi connectivity index (χ3n) is 7.35. The molecule has 0 saturated carbocycles. The molecule has 0 aliphatic rings. The van der Waals surface area contributed by atoms with Crippen molar-refractivity contribution in [3.05, 3.63) is 129 Å². The highest BCUT2D eigenvalue weighted by molar-refractivity contribution is 5.80. The Labute approximate surface area is 256 Å². The molecule has 5 rings (SSSR count). The van der Waals surface area contributed by atoms with Crippen LogP contribution in [0.25, 0.3) is 16.6 Å². The van der Waals surface area contributed by atoms with E-state index in [0.29, 0.717) is 46.6 Å². The first-order valence-corrected chi connectivity index (χ1v) is 14.3. The van der Waals surface area contributed by atoms with Gasteiger partial charge in [-0.3, -0.25) is 19.1 Å². The van der Waals surface area contributed by atoms with Gasteiger partial charge < -0.3 is 9.64 Å². The summed E-state index contributed by atoms with van der Waals surface area (Å²) in [5, 5.41) is 0.370. The predicted molar refractivity (Wildman–Crippen MR) is 162 cm³/mol. The Morgan fingerprint density at radius 3 is 2.42 bits per heavy atom. The van der Waals surface area contributed by atoms with Crippen molar-refractivity contribution in [2.75, 3.05) is 6.61 Å². The van der Waals surface area contributed by atoms with Crippen LogP contribution in [-0.4, -0.2) is 31.9 Å². The lowest BCUT2D eigenvalue weighted by molar-refractivity contribution is -0.140. The summed E-state index contributed by atoms with van der Waals surface area (Å²) in [6, 6.07) is 17.2. The number of carbonyl (C=O) groups is 1. The van der Waals surface area contributed by atoms with Gasteiger partial charge in [0.05, 0.1) is 41.2 Å². The molecular weight excluding hydrogens is 588 g/mol. The highest BCUT2D eigenvalue weighted by Gasteiger charge is 2.35. The first-order chi connectivity index (χ1) is 21.5. The molecular formula is C34H30F4N4O3. The lowest BCUT2D eigenvalue weighted by Crippen LogP contribution is -2.38. The summed E-state index contributed by atoms with van der Waals surface area (Å²) in [5.74, 6) is -1.12. The van der Waals surface area contributed by atoms with Crippen molar-refractivity contribution in [2.24, 2.45) is 0 Å². The van der Waals surface area contributed by atoms with Gasteiger partial charge in [0.25, 0.3) is 5.56 Å². The molecule has 3 aromatic carbocycles. The normalized spacial score (nSPS) is 12.2. The molecule has 7 nitrogen and oxygen atoms in total. The minimum atomic E-state index is -4.92. The van der Waals surface area contributed by atoms with E-state index >= 15 is 0 Å². The monoisotopic (exact) mass is 618 g/mol. The maximum atomic E-state index is 14.0. The van der Waals surface area contributed by atoms with E-state index in [2.05, 4.69) is 4.98 Å². The van der Waals surface area contributed by atoms with Gasteiger partial charge in [0.2, 0.25) is 5.91 Å². The number of ether oxygens (including phenoxy) is 1. The number of alkyl halides is 3. The van der Waals surface area contributed by atoms with Gasteiger partial charge in [0.1, 0.15) is 17.4 Å². The van der Waals surface area contributed by atoms with Crippen LogP contribution in [0.2, 0.25) is 0 Å². The highest BCUT2D eigenvalue weighted by Crippen LogP contribution is 2.33. The number of pyridine rings is 1. The largest absolute Gasteiger partial charge is 0.494 e. The van der Waals surface area contributed by atoms with Crippen molar-refractivity contribution in [1.29, 1.82) is 0 Å². The van der Waals surface area contributed by atoms with E-state index in [1.165, 1.54) is 9.47 Å². The van der Waals surface area contributed by atoms with Crippen molar-refractivity contribution in [3.63, 3.8) is 0 Å². The Kier molecular flexibility index (Phi) is 8.99. The Morgan fingerprint density at radius 2 is 1.73 bits per heavy atom. The summed E-state index contributed by atoms with van der Waals surface area (Å²) in [6.07, 6.45) is -2.13. The molecule has 0 bridgehead atoms. The van der Waals surface area contributed by atoms with Gasteiger partial charge in [-0.1, -0.05) is 24.3 Å². The molecule has 0 saturated heterocycles. The van der Waals surface area contributed by atoms with E-state index in [-0.39, 0.29) is 23.5 Å². The van der Waals surface area contributed by atoms with E-state index in [1.807, 2.05) is 19.9 Å². The lowest BCUT2D eigenvalue weighted by Gasteiger charge is -2.31. The quantitative estimate of drug-likeness (QED) is 0.167. The molecule has 2 aromatic heterocycles. The molecule has 0 radical (unpaired) electrons. The number of rotatable bonds is 9. The van der Waals surface area contributed by atoms with Gasteiger partial charge in [-0.2, -0.15) is 13.2 Å². The predicted octanol–water partition coefficient (Wildman–Crippen LogP) is 6.98. The van der Waals surface area contributed by atoms with Gasteiger partial charge in [0, 0.05) is 18.9 Å². The van der Waals surface area contributed by atoms with Crippen molar-refractivity contribution >= 4 is 16.8 Å². The average molecular weight is 619 g/mol. The molecule has 0 spiro atoms. The molecule has 1 amide bonds. The molecule has 5 aromatic rings. The molecule has 45 heavy (non-hydrogen) atoms. The zero-order valence-electron chi connectivity index (χ0n) is 24.8. The number of carbonyl (C=O) groups excluding carboxylic acids is 1.